The van der Waals surface area contributed by atoms with Gasteiger partial charge in [0.05, 0.1) is 0 Å². The Hall–Kier alpha value is -3.00. The van der Waals surface area contributed by atoms with Crippen LogP contribution in [0.2, 0.25) is 0 Å². The number of benzene rings is 1. The van der Waals surface area contributed by atoms with Crippen molar-refractivity contribution in [3.63, 3.8) is 0 Å². The highest BCUT2D eigenvalue weighted by Crippen LogP contribution is 2.33. The molecule has 0 saturated carbocycles. The summed E-state index contributed by atoms with van der Waals surface area (Å²) in [5.41, 5.74) is 0.560. The molecule has 2 aliphatic heterocycles. The number of aliphatic imine (C=N–C) groups is 1. The van der Waals surface area contributed by atoms with Crippen molar-refractivity contribution in [1.29, 1.82) is 0 Å². The molecular weight excluding hydrogens is 481 g/mol. The largest absolute Gasteiger partial charge is 0.445 e. The minimum atomic E-state index is -4.63. The minimum absolute atomic E-state index is 0.0365. The molecule has 4 rings (SSSR count). The van der Waals surface area contributed by atoms with Crippen LogP contribution >= 0.6 is 23.1 Å². The van der Waals surface area contributed by atoms with Crippen molar-refractivity contribution in [3.05, 3.63) is 34.8 Å². The standard InChI is InChI=1S/C19H17F3N6O3S2/c20-19(21,22)16-26-27-17(33-16)24-14(30)10-3-5-11(6-4-10)23-13(29)9-12-15(31)25-18(32-12)28-7-1-2-8-28/h3-6,12H,1-2,7-9H2,(H,23,29)(H,24,27,30). The van der Waals surface area contributed by atoms with Crippen LogP contribution < -0.4 is 10.6 Å². The molecule has 1 saturated heterocycles. The Morgan fingerprint density at radius 1 is 1.09 bits per heavy atom. The zero-order chi connectivity index (χ0) is 23.6. The molecule has 1 atom stereocenters. The molecular formula is C19H17F3N6O3S2. The van der Waals surface area contributed by atoms with Crippen LogP contribution in [0.5, 0.6) is 0 Å². The number of hydrogen-bond donors (Lipinski definition) is 2. The van der Waals surface area contributed by atoms with Gasteiger partial charge in [0, 0.05) is 30.8 Å². The average molecular weight is 499 g/mol. The van der Waals surface area contributed by atoms with Crippen LogP contribution in [0.25, 0.3) is 0 Å². The van der Waals surface area contributed by atoms with Gasteiger partial charge in [0.2, 0.25) is 16.0 Å². The Labute approximate surface area is 193 Å². The number of hydrogen-bond acceptors (Lipinski definition) is 8. The fourth-order valence-corrected chi connectivity index (χ4v) is 4.92. The Balaban J connectivity index is 1.28. The van der Waals surface area contributed by atoms with Crippen molar-refractivity contribution >= 4 is 56.8 Å². The Morgan fingerprint density at radius 3 is 2.42 bits per heavy atom. The van der Waals surface area contributed by atoms with Crippen LogP contribution in [-0.2, 0) is 15.8 Å². The van der Waals surface area contributed by atoms with E-state index in [1.165, 1.54) is 36.0 Å². The number of amides is 3. The smallest absolute Gasteiger partial charge is 0.351 e. The van der Waals surface area contributed by atoms with Gasteiger partial charge in [-0.15, -0.1) is 10.2 Å². The first kappa shape index (κ1) is 23.2. The van der Waals surface area contributed by atoms with Crippen LogP contribution in [0.4, 0.5) is 24.0 Å². The third-order valence-electron chi connectivity index (χ3n) is 4.80. The molecule has 0 radical (unpaired) electrons. The molecule has 1 unspecified atom stereocenters. The van der Waals surface area contributed by atoms with Crippen LogP contribution in [-0.4, -0.2) is 56.3 Å². The zero-order valence-electron chi connectivity index (χ0n) is 16.9. The maximum absolute atomic E-state index is 12.6. The van der Waals surface area contributed by atoms with E-state index in [4.69, 9.17) is 0 Å². The fraction of sp³-hybridized carbons (Fsp3) is 0.368. The first-order valence-corrected chi connectivity index (χ1v) is 11.5. The van der Waals surface area contributed by atoms with E-state index in [-0.39, 0.29) is 40.3 Å². The summed E-state index contributed by atoms with van der Waals surface area (Å²) in [6.07, 6.45) is -2.56. The lowest BCUT2D eigenvalue weighted by atomic mass is 10.2. The van der Waals surface area contributed by atoms with Gasteiger partial charge in [0.15, 0.2) is 5.17 Å². The van der Waals surface area contributed by atoms with Gasteiger partial charge in [-0.05, 0) is 37.1 Å². The Kier molecular flexibility index (Phi) is 6.65. The average Bonchev–Trinajstić information content (AvgIpc) is 3.50. The summed E-state index contributed by atoms with van der Waals surface area (Å²) in [6.45, 7) is 1.72. The lowest BCUT2D eigenvalue weighted by Crippen LogP contribution is -2.25. The number of anilines is 2. The van der Waals surface area contributed by atoms with E-state index in [1.807, 2.05) is 0 Å². The van der Waals surface area contributed by atoms with E-state index < -0.39 is 22.3 Å². The molecule has 3 heterocycles. The molecule has 1 aromatic carbocycles. The van der Waals surface area contributed by atoms with Crippen molar-refractivity contribution in [3.8, 4) is 0 Å². The molecule has 0 bridgehead atoms. The van der Waals surface area contributed by atoms with Crippen molar-refractivity contribution < 1.29 is 27.6 Å². The van der Waals surface area contributed by atoms with Gasteiger partial charge in [-0.2, -0.15) is 18.2 Å². The van der Waals surface area contributed by atoms with Crippen LogP contribution in [0.3, 0.4) is 0 Å². The molecule has 9 nitrogen and oxygen atoms in total. The zero-order valence-corrected chi connectivity index (χ0v) is 18.5. The number of amidine groups is 1. The summed E-state index contributed by atoms with van der Waals surface area (Å²) in [5.74, 6) is -1.36. The number of likely N-dealkylation sites (tertiary alicyclic amines) is 1. The van der Waals surface area contributed by atoms with E-state index in [0.717, 1.165) is 25.9 Å². The number of thioether (sulfide) groups is 1. The molecule has 14 heteroatoms. The lowest BCUT2D eigenvalue weighted by Gasteiger charge is -2.16. The predicted octanol–water partition coefficient (Wildman–Crippen LogP) is 3.23. The summed E-state index contributed by atoms with van der Waals surface area (Å²) in [6, 6.07) is 5.76. The number of carbonyl (C=O) groups is 3. The molecule has 2 N–H and O–H groups in total. The molecule has 0 aliphatic carbocycles. The van der Waals surface area contributed by atoms with Gasteiger partial charge in [-0.3, -0.25) is 19.7 Å². The highest BCUT2D eigenvalue weighted by molar-refractivity contribution is 8.15. The second-order valence-electron chi connectivity index (χ2n) is 7.23. The first-order chi connectivity index (χ1) is 15.7. The number of rotatable bonds is 5. The SMILES string of the molecule is O=C(CC1SC(N2CCCC2)=NC1=O)Nc1ccc(C(=O)Nc2nnc(C(F)(F)F)s2)cc1. The topological polar surface area (TPSA) is 117 Å². The summed E-state index contributed by atoms with van der Waals surface area (Å²) in [4.78, 5) is 42.8. The summed E-state index contributed by atoms with van der Waals surface area (Å²) >= 11 is 1.52. The minimum Gasteiger partial charge on any atom is -0.351 e. The van der Waals surface area contributed by atoms with Gasteiger partial charge < -0.3 is 10.2 Å². The Bertz CT molecular complexity index is 1100. The van der Waals surface area contributed by atoms with Crippen molar-refractivity contribution in [2.45, 2.75) is 30.7 Å². The second kappa shape index (κ2) is 9.47. The number of aromatic nitrogens is 2. The maximum Gasteiger partial charge on any atom is 0.445 e. The molecule has 174 valence electrons. The number of alkyl halides is 3. The van der Waals surface area contributed by atoms with Gasteiger partial charge in [0.25, 0.3) is 11.8 Å². The number of carbonyl (C=O) groups excluding carboxylic acids is 3. The molecule has 2 aliphatic rings. The molecule has 1 aromatic heterocycles. The molecule has 3 amide bonds. The summed E-state index contributed by atoms with van der Waals surface area (Å²) < 4.78 is 37.7. The van der Waals surface area contributed by atoms with E-state index >= 15 is 0 Å². The predicted molar refractivity (Wildman–Crippen MR) is 117 cm³/mol. The maximum atomic E-state index is 12.6. The van der Waals surface area contributed by atoms with Crippen molar-refractivity contribution in [2.24, 2.45) is 4.99 Å². The monoisotopic (exact) mass is 498 g/mol. The van der Waals surface area contributed by atoms with Crippen LogP contribution in [0.1, 0.15) is 34.6 Å². The van der Waals surface area contributed by atoms with Crippen LogP contribution in [0.15, 0.2) is 29.3 Å². The number of halogens is 3. The number of nitrogens with zero attached hydrogens (tertiary/aromatic N) is 4. The van der Waals surface area contributed by atoms with Crippen molar-refractivity contribution in [1.82, 2.24) is 15.1 Å². The first-order valence-electron chi connectivity index (χ1n) is 9.85. The third kappa shape index (κ3) is 5.68. The Morgan fingerprint density at radius 2 is 1.79 bits per heavy atom. The van der Waals surface area contributed by atoms with E-state index in [0.29, 0.717) is 10.9 Å². The van der Waals surface area contributed by atoms with Gasteiger partial charge in [-0.25, -0.2) is 0 Å². The molecule has 0 spiro atoms. The summed E-state index contributed by atoms with van der Waals surface area (Å²) in [5, 5.41) is 9.89. The normalized spacial score (nSPS) is 18.4. The molecule has 1 fully saturated rings. The van der Waals surface area contributed by atoms with Crippen molar-refractivity contribution in [2.75, 3.05) is 23.7 Å². The van der Waals surface area contributed by atoms with Gasteiger partial charge in [0.1, 0.15) is 5.25 Å². The quantitative estimate of drug-likeness (QED) is 0.650. The van der Waals surface area contributed by atoms with Gasteiger partial charge >= 0.3 is 6.18 Å². The molecule has 33 heavy (non-hydrogen) atoms. The molecule has 2 aromatic rings. The highest BCUT2D eigenvalue weighted by Gasteiger charge is 2.36. The van der Waals surface area contributed by atoms with E-state index in [2.05, 4.69) is 30.7 Å². The lowest BCUT2D eigenvalue weighted by molar-refractivity contribution is -0.138. The highest BCUT2D eigenvalue weighted by atomic mass is 32.2. The van der Waals surface area contributed by atoms with Gasteiger partial charge in [-0.1, -0.05) is 23.1 Å². The number of nitrogens with one attached hydrogen (secondary N) is 2. The second-order valence-corrected chi connectivity index (χ2v) is 9.37. The third-order valence-corrected chi connectivity index (χ3v) is 6.89. The van der Waals surface area contributed by atoms with E-state index in [9.17, 15) is 27.6 Å². The fourth-order valence-electron chi connectivity index (χ4n) is 3.20. The van der Waals surface area contributed by atoms with Crippen LogP contribution in [0, 0.1) is 0 Å². The summed E-state index contributed by atoms with van der Waals surface area (Å²) in [7, 11) is 0. The van der Waals surface area contributed by atoms with E-state index in [1.54, 1.807) is 0 Å².